The summed E-state index contributed by atoms with van der Waals surface area (Å²) in [6, 6.07) is 19.1. The first-order valence-electron chi connectivity index (χ1n) is 10.8. The van der Waals surface area contributed by atoms with E-state index in [2.05, 4.69) is 56.2 Å². The molecule has 31 heavy (non-hydrogen) atoms. The van der Waals surface area contributed by atoms with Crippen molar-refractivity contribution in [1.29, 1.82) is 5.26 Å². The molecular weight excluding hydrogens is 384 g/mol. The van der Waals surface area contributed by atoms with Gasteiger partial charge in [-0.2, -0.15) is 10.4 Å². The molecule has 0 radical (unpaired) electrons. The van der Waals surface area contributed by atoms with Crippen LogP contribution in [0.25, 0.3) is 22.3 Å². The van der Waals surface area contributed by atoms with Gasteiger partial charge >= 0.3 is 0 Å². The molecular formula is C25H24N6. The van der Waals surface area contributed by atoms with Crippen molar-refractivity contribution < 1.29 is 0 Å². The van der Waals surface area contributed by atoms with Gasteiger partial charge in [0, 0.05) is 37.0 Å². The van der Waals surface area contributed by atoms with Crippen molar-refractivity contribution in [2.45, 2.75) is 31.7 Å². The van der Waals surface area contributed by atoms with Gasteiger partial charge in [-0.3, -0.25) is 9.67 Å². The van der Waals surface area contributed by atoms with Crippen molar-refractivity contribution in [2.75, 3.05) is 18.0 Å². The number of piperidine rings is 1. The molecule has 6 nitrogen and oxygen atoms in total. The normalized spacial score (nSPS) is 14.6. The number of rotatable bonds is 5. The van der Waals surface area contributed by atoms with E-state index in [4.69, 9.17) is 10.2 Å². The molecule has 2 aromatic heterocycles. The number of fused-ring (bicyclic) bond motifs is 1. The van der Waals surface area contributed by atoms with E-state index in [1.807, 2.05) is 36.7 Å². The predicted molar refractivity (Wildman–Crippen MR) is 122 cm³/mol. The predicted octanol–water partition coefficient (Wildman–Crippen LogP) is 4.79. The SMILES string of the molecule is N#CCCc1cccc(N2CCC(n3cc(-c4cnc5ccccc5n4)cn3)CC2)c1. The monoisotopic (exact) mass is 408 g/mol. The lowest BCUT2D eigenvalue weighted by molar-refractivity contribution is 0.367. The van der Waals surface area contributed by atoms with Crippen LogP contribution in [0.1, 0.15) is 30.9 Å². The Morgan fingerprint density at radius 2 is 1.84 bits per heavy atom. The number of nitrogens with zero attached hydrogens (tertiary/aromatic N) is 6. The van der Waals surface area contributed by atoms with Gasteiger partial charge in [-0.15, -0.1) is 0 Å². The first kappa shape index (κ1) is 19.3. The van der Waals surface area contributed by atoms with Gasteiger partial charge in [0.1, 0.15) is 0 Å². The number of nitriles is 1. The fraction of sp³-hybridized carbons (Fsp3) is 0.280. The number of benzene rings is 2. The quantitative estimate of drug-likeness (QED) is 0.475. The lowest BCUT2D eigenvalue weighted by atomic mass is 10.0. The van der Waals surface area contributed by atoms with Crippen LogP contribution in [0, 0.1) is 11.3 Å². The van der Waals surface area contributed by atoms with Gasteiger partial charge in [0.15, 0.2) is 0 Å². The van der Waals surface area contributed by atoms with Crippen LogP contribution < -0.4 is 4.90 Å². The second-order valence-corrected chi connectivity index (χ2v) is 8.00. The van der Waals surface area contributed by atoms with Gasteiger partial charge in [0.2, 0.25) is 0 Å². The Kier molecular flexibility index (Phi) is 5.32. The molecule has 5 rings (SSSR count). The summed E-state index contributed by atoms with van der Waals surface area (Å²) in [4.78, 5) is 11.7. The zero-order chi connectivity index (χ0) is 21.0. The molecule has 154 valence electrons. The molecule has 2 aromatic carbocycles. The zero-order valence-corrected chi connectivity index (χ0v) is 17.4. The molecule has 0 spiro atoms. The van der Waals surface area contributed by atoms with Crippen LogP contribution in [0.4, 0.5) is 5.69 Å². The van der Waals surface area contributed by atoms with E-state index in [9.17, 15) is 0 Å². The summed E-state index contributed by atoms with van der Waals surface area (Å²) in [5, 5.41) is 13.5. The average molecular weight is 409 g/mol. The van der Waals surface area contributed by atoms with Crippen molar-refractivity contribution in [2.24, 2.45) is 0 Å². The summed E-state index contributed by atoms with van der Waals surface area (Å²) in [7, 11) is 0. The van der Waals surface area contributed by atoms with Crippen LogP contribution in [0.15, 0.2) is 67.1 Å². The first-order chi connectivity index (χ1) is 15.3. The van der Waals surface area contributed by atoms with E-state index in [0.717, 1.165) is 54.6 Å². The third-order valence-electron chi connectivity index (χ3n) is 5.99. The number of anilines is 1. The van der Waals surface area contributed by atoms with Crippen LogP contribution in [0.3, 0.4) is 0 Å². The summed E-state index contributed by atoms with van der Waals surface area (Å²) in [5.74, 6) is 0. The van der Waals surface area contributed by atoms with Gasteiger partial charge in [-0.25, -0.2) is 4.98 Å². The Labute approximate surface area is 181 Å². The minimum absolute atomic E-state index is 0.389. The summed E-state index contributed by atoms with van der Waals surface area (Å²) in [6.45, 7) is 1.99. The maximum Gasteiger partial charge on any atom is 0.0924 e. The zero-order valence-electron chi connectivity index (χ0n) is 17.4. The van der Waals surface area contributed by atoms with E-state index < -0.39 is 0 Å². The molecule has 1 fully saturated rings. The minimum atomic E-state index is 0.389. The molecule has 4 aromatic rings. The molecule has 1 aliphatic heterocycles. The second-order valence-electron chi connectivity index (χ2n) is 8.00. The second kappa shape index (κ2) is 8.57. The average Bonchev–Trinajstić information content (AvgIpc) is 3.33. The number of hydrogen-bond donors (Lipinski definition) is 0. The highest BCUT2D eigenvalue weighted by molar-refractivity contribution is 5.76. The maximum absolute atomic E-state index is 8.83. The molecule has 1 aliphatic rings. The smallest absolute Gasteiger partial charge is 0.0924 e. The van der Waals surface area contributed by atoms with E-state index in [1.165, 1.54) is 11.3 Å². The summed E-state index contributed by atoms with van der Waals surface area (Å²) >= 11 is 0. The van der Waals surface area contributed by atoms with Crippen molar-refractivity contribution in [3.63, 3.8) is 0 Å². The number of aryl methyl sites for hydroxylation is 1. The van der Waals surface area contributed by atoms with Gasteiger partial charge in [-0.05, 0) is 49.1 Å². The number of aromatic nitrogens is 4. The van der Waals surface area contributed by atoms with Crippen molar-refractivity contribution in [1.82, 2.24) is 19.7 Å². The lowest BCUT2D eigenvalue weighted by Gasteiger charge is -2.34. The summed E-state index contributed by atoms with van der Waals surface area (Å²) in [6.07, 6.45) is 9.29. The van der Waals surface area contributed by atoms with Crippen LogP contribution >= 0.6 is 0 Å². The Morgan fingerprint density at radius 1 is 1.00 bits per heavy atom. The molecule has 0 amide bonds. The number of hydrogen-bond acceptors (Lipinski definition) is 5. The number of para-hydroxylation sites is 2. The van der Waals surface area contributed by atoms with Crippen molar-refractivity contribution in [3.8, 4) is 17.3 Å². The third-order valence-corrected chi connectivity index (χ3v) is 5.99. The highest BCUT2D eigenvalue weighted by Gasteiger charge is 2.22. The van der Waals surface area contributed by atoms with Crippen LogP contribution in [-0.4, -0.2) is 32.8 Å². The third kappa shape index (κ3) is 4.13. The van der Waals surface area contributed by atoms with E-state index in [0.29, 0.717) is 12.5 Å². The highest BCUT2D eigenvalue weighted by Crippen LogP contribution is 2.28. The van der Waals surface area contributed by atoms with Crippen molar-refractivity contribution in [3.05, 3.63) is 72.7 Å². The Balaban J connectivity index is 1.26. The molecule has 0 N–H and O–H groups in total. The Morgan fingerprint density at radius 3 is 2.68 bits per heavy atom. The van der Waals surface area contributed by atoms with Gasteiger partial charge in [0.05, 0.1) is 41.2 Å². The van der Waals surface area contributed by atoms with Crippen LogP contribution in [0.2, 0.25) is 0 Å². The fourth-order valence-corrected chi connectivity index (χ4v) is 4.26. The first-order valence-corrected chi connectivity index (χ1v) is 10.8. The molecule has 1 saturated heterocycles. The molecule has 0 saturated carbocycles. The van der Waals surface area contributed by atoms with Crippen LogP contribution in [-0.2, 0) is 6.42 Å². The van der Waals surface area contributed by atoms with Gasteiger partial charge in [0.25, 0.3) is 0 Å². The molecule has 0 unspecified atom stereocenters. The largest absolute Gasteiger partial charge is 0.371 e. The fourth-order valence-electron chi connectivity index (χ4n) is 4.26. The van der Waals surface area contributed by atoms with Crippen molar-refractivity contribution >= 4 is 16.7 Å². The standard InChI is InChI=1S/C25H24N6/c26-12-4-6-19-5-3-7-22(15-19)30-13-10-21(11-14-30)31-18-20(16-28-31)25-17-27-23-8-1-2-9-24(23)29-25/h1-3,5,7-9,15-18,21H,4,6,10-11,13-14H2. The molecule has 0 atom stereocenters. The molecule has 0 aliphatic carbocycles. The minimum Gasteiger partial charge on any atom is -0.371 e. The maximum atomic E-state index is 8.83. The molecule has 0 bridgehead atoms. The lowest BCUT2D eigenvalue weighted by Crippen LogP contribution is -2.34. The topological polar surface area (TPSA) is 70.6 Å². The van der Waals surface area contributed by atoms with E-state index >= 15 is 0 Å². The van der Waals surface area contributed by atoms with Crippen LogP contribution in [0.5, 0.6) is 0 Å². The van der Waals surface area contributed by atoms with Gasteiger partial charge < -0.3 is 4.90 Å². The van der Waals surface area contributed by atoms with E-state index in [1.54, 1.807) is 0 Å². The Hall–Kier alpha value is -3.72. The molecule has 6 heteroatoms. The summed E-state index contributed by atoms with van der Waals surface area (Å²) in [5.41, 5.74) is 6.15. The van der Waals surface area contributed by atoms with Gasteiger partial charge in [-0.1, -0.05) is 24.3 Å². The van der Waals surface area contributed by atoms with E-state index in [-0.39, 0.29) is 0 Å². The summed E-state index contributed by atoms with van der Waals surface area (Å²) < 4.78 is 2.09. The Bertz CT molecular complexity index is 1230. The highest BCUT2D eigenvalue weighted by atomic mass is 15.3. The molecule has 3 heterocycles.